The van der Waals surface area contributed by atoms with Crippen molar-refractivity contribution < 1.29 is 9.62 Å². The maximum atomic E-state index is 9.79. The SMILES string of the molecule is CC(c1ccoc1)N1C(N)=CC=C(N)N1O. The minimum Gasteiger partial charge on any atom is -0.472 e. The molecule has 0 saturated carbocycles. The fraction of sp³-hybridized carbons (Fsp3) is 0.200. The minimum absolute atomic E-state index is 0.174. The molecule has 0 bridgehead atoms. The van der Waals surface area contributed by atoms with E-state index in [-0.39, 0.29) is 11.9 Å². The Labute approximate surface area is 92.9 Å². The highest BCUT2D eigenvalue weighted by molar-refractivity contribution is 5.20. The Hall–Kier alpha value is -2.08. The van der Waals surface area contributed by atoms with Crippen LogP contribution >= 0.6 is 0 Å². The number of hydrogen-bond donors (Lipinski definition) is 3. The van der Waals surface area contributed by atoms with E-state index in [1.165, 1.54) is 11.1 Å². The fourth-order valence-electron chi connectivity index (χ4n) is 1.59. The fourth-order valence-corrected chi connectivity index (χ4v) is 1.59. The number of rotatable bonds is 2. The summed E-state index contributed by atoms with van der Waals surface area (Å²) in [5.74, 6) is 0.620. The molecule has 6 nitrogen and oxygen atoms in total. The lowest BCUT2D eigenvalue weighted by Gasteiger charge is -2.38. The number of furan rings is 1. The van der Waals surface area contributed by atoms with Gasteiger partial charge < -0.3 is 15.9 Å². The number of nitrogens with two attached hydrogens (primary N) is 2. The van der Waals surface area contributed by atoms with E-state index < -0.39 is 0 Å². The van der Waals surface area contributed by atoms with Crippen LogP contribution in [0.3, 0.4) is 0 Å². The van der Waals surface area contributed by atoms with Gasteiger partial charge in [-0.2, -0.15) is 0 Å². The molecule has 1 aliphatic rings. The van der Waals surface area contributed by atoms with E-state index in [1.807, 2.05) is 6.92 Å². The summed E-state index contributed by atoms with van der Waals surface area (Å²) in [5, 5.41) is 12.1. The van der Waals surface area contributed by atoms with Crippen molar-refractivity contribution in [2.24, 2.45) is 11.5 Å². The lowest BCUT2D eigenvalue weighted by atomic mass is 10.1. The van der Waals surface area contributed by atoms with E-state index in [9.17, 15) is 5.21 Å². The van der Waals surface area contributed by atoms with Gasteiger partial charge in [-0.25, -0.2) is 5.01 Å². The second-order valence-corrected chi connectivity index (χ2v) is 3.55. The molecule has 86 valence electrons. The molecule has 2 rings (SSSR count). The summed E-state index contributed by atoms with van der Waals surface area (Å²) in [6.07, 6.45) is 6.34. The Morgan fingerprint density at radius 2 is 2.00 bits per heavy atom. The number of hydrogen-bond acceptors (Lipinski definition) is 6. The highest BCUT2D eigenvalue weighted by Crippen LogP contribution is 2.27. The van der Waals surface area contributed by atoms with Crippen molar-refractivity contribution in [2.45, 2.75) is 13.0 Å². The molecular formula is C10H14N4O2. The van der Waals surface area contributed by atoms with Crippen LogP contribution in [0.1, 0.15) is 18.5 Å². The maximum absolute atomic E-state index is 9.79. The average Bonchev–Trinajstić information content (AvgIpc) is 2.77. The molecule has 0 aromatic carbocycles. The predicted octanol–water partition coefficient (Wildman–Crippen LogP) is 0.863. The van der Waals surface area contributed by atoms with E-state index in [0.29, 0.717) is 5.82 Å². The molecule has 0 radical (unpaired) electrons. The highest BCUT2D eigenvalue weighted by Gasteiger charge is 2.26. The van der Waals surface area contributed by atoms with E-state index in [2.05, 4.69) is 0 Å². The average molecular weight is 222 g/mol. The Morgan fingerprint density at radius 1 is 1.31 bits per heavy atom. The second kappa shape index (κ2) is 3.82. The number of hydroxylamine groups is 1. The molecule has 0 saturated heterocycles. The van der Waals surface area contributed by atoms with Crippen LogP contribution in [0.25, 0.3) is 0 Å². The summed E-state index contributed by atoms with van der Waals surface area (Å²) in [5.41, 5.74) is 12.3. The van der Waals surface area contributed by atoms with Crippen LogP contribution in [0.2, 0.25) is 0 Å². The first kappa shape index (κ1) is 10.4. The minimum atomic E-state index is -0.174. The summed E-state index contributed by atoms with van der Waals surface area (Å²) in [6.45, 7) is 1.88. The Kier molecular flexibility index (Phi) is 2.49. The molecule has 0 spiro atoms. The summed E-state index contributed by atoms with van der Waals surface area (Å²) >= 11 is 0. The van der Waals surface area contributed by atoms with E-state index in [1.54, 1.807) is 24.7 Å². The van der Waals surface area contributed by atoms with Gasteiger partial charge in [-0.15, -0.1) is 5.17 Å². The van der Waals surface area contributed by atoms with Crippen molar-refractivity contribution in [2.75, 3.05) is 0 Å². The van der Waals surface area contributed by atoms with Gasteiger partial charge in [0.15, 0.2) is 0 Å². The van der Waals surface area contributed by atoms with E-state index in [4.69, 9.17) is 15.9 Å². The lowest BCUT2D eigenvalue weighted by molar-refractivity contribution is -0.220. The van der Waals surface area contributed by atoms with Gasteiger partial charge in [-0.1, -0.05) is 0 Å². The molecule has 1 aliphatic heterocycles. The van der Waals surface area contributed by atoms with Gasteiger partial charge in [0.1, 0.15) is 11.6 Å². The number of hydrazine groups is 1. The monoisotopic (exact) mass is 222 g/mol. The Balaban J connectivity index is 2.27. The van der Waals surface area contributed by atoms with Crippen molar-refractivity contribution in [1.82, 2.24) is 10.2 Å². The summed E-state index contributed by atoms with van der Waals surface area (Å²) in [4.78, 5) is 0. The third-order valence-electron chi connectivity index (χ3n) is 2.52. The topological polar surface area (TPSA) is 91.9 Å². The molecule has 6 heteroatoms. The maximum Gasteiger partial charge on any atom is 0.148 e. The van der Waals surface area contributed by atoms with Crippen LogP contribution in [0.5, 0.6) is 0 Å². The molecule has 1 aromatic heterocycles. The smallest absolute Gasteiger partial charge is 0.148 e. The molecule has 1 atom stereocenters. The second-order valence-electron chi connectivity index (χ2n) is 3.55. The molecule has 0 aliphatic carbocycles. The first-order chi connectivity index (χ1) is 7.61. The zero-order valence-electron chi connectivity index (χ0n) is 8.87. The van der Waals surface area contributed by atoms with Crippen molar-refractivity contribution in [3.63, 3.8) is 0 Å². The first-order valence-electron chi connectivity index (χ1n) is 4.84. The largest absolute Gasteiger partial charge is 0.472 e. The lowest BCUT2D eigenvalue weighted by Crippen LogP contribution is -2.46. The zero-order chi connectivity index (χ0) is 11.7. The highest BCUT2D eigenvalue weighted by atomic mass is 16.6. The molecule has 2 heterocycles. The van der Waals surface area contributed by atoms with Gasteiger partial charge in [-0.3, -0.25) is 5.21 Å². The van der Waals surface area contributed by atoms with Gasteiger partial charge in [0.25, 0.3) is 0 Å². The third kappa shape index (κ3) is 1.59. The quantitative estimate of drug-likeness (QED) is 0.687. The molecule has 0 amide bonds. The zero-order valence-corrected chi connectivity index (χ0v) is 8.87. The van der Waals surface area contributed by atoms with Crippen LogP contribution in [-0.2, 0) is 0 Å². The standard InChI is InChI=1S/C10H14N4O2/c1-7(8-4-5-16-6-8)13-9(11)2-3-10(12)14(13)15/h2-7,15H,11-12H2,1H3. The molecule has 16 heavy (non-hydrogen) atoms. The molecule has 0 fully saturated rings. The van der Waals surface area contributed by atoms with Crippen molar-refractivity contribution >= 4 is 0 Å². The van der Waals surface area contributed by atoms with Crippen LogP contribution in [0.4, 0.5) is 0 Å². The van der Waals surface area contributed by atoms with Gasteiger partial charge in [0, 0.05) is 5.56 Å². The van der Waals surface area contributed by atoms with Crippen molar-refractivity contribution in [3.05, 3.63) is 48.0 Å². The first-order valence-corrected chi connectivity index (χ1v) is 4.84. The van der Waals surface area contributed by atoms with Gasteiger partial charge >= 0.3 is 0 Å². The molecule has 1 unspecified atom stereocenters. The van der Waals surface area contributed by atoms with E-state index >= 15 is 0 Å². The number of allylic oxidation sites excluding steroid dienone is 2. The van der Waals surface area contributed by atoms with Crippen molar-refractivity contribution in [1.29, 1.82) is 0 Å². The predicted molar refractivity (Wildman–Crippen MR) is 57.1 cm³/mol. The van der Waals surface area contributed by atoms with Crippen molar-refractivity contribution in [3.8, 4) is 0 Å². The van der Waals surface area contributed by atoms with Crippen LogP contribution in [0.15, 0.2) is 46.8 Å². The van der Waals surface area contributed by atoms with E-state index in [0.717, 1.165) is 10.7 Å². The van der Waals surface area contributed by atoms with Gasteiger partial charge in [0.05, 0.1) is 18.6 Å². The van der Waals surface area contributed by atoms with Gasteiger partial charge in [0.2, 0.25) is 0 Å². The Bertz CT molecular complexity index is 424. The summed E-state index contributed by atoms with van der Waals surface area (Å²) in [6, 6.07) is 1.63. The van der Waals surface area contributed by atoms with Crippen LogP contribution in [-0.4, -0.2) is 15.4 Å². The number of nitrogens with zero attached hydrogens (tertiary/aromatic N) is 2. The third-order valence-corrected chi connectivity index (χ3v) is 2.52. The normalized spacial score (nSPS) is 18.1. The molecule has 1 aromatic rings. The summed E-state index contributed by atoms with van der Waals surface area (Å²) in [7, 11) is 0. The van der Waals surface area contributed by atoms with Crippen LogP contribution in [0, 0.1) is 0 Å². The van der Waals surface area contributed by atoms with Crippen LogP contribution < -0.4 is 11.5 Å². The summed E-state index contributed by atoms with van der Waals surface area (Å²) < 4.78 is 4.99. The Morgan fingerprint density at radius 3 is 2.62 bits per heavy atom. The molecule has 5 N–H and O–H groups in total. The molecular weight excluding hydrogens is 208 g/mol. The van der Waals surface area contributed by atoms with Gasteiger partial charge in [-0.05, 0) is 25.1 Å².